The number of urea groups is 1. The van der Waals surface area contributed by atoms with Crippen LogP contribution in [0.4, 0.5) is 10.5 Å². The van der Waals surface area contributed by atoms with Crippen molar-refractivity contribution in [3.05, 3.63) is 18.2 Å². The van der Waals surface area contributed by atoms with Gasteiger partial charge in [-0.1, -0.05) is 6.92 Å². The average Bonchev–Trinajstić information content (AvgIpc) is 3.27. The summed E-state index contributed by atoms with van der Waals surface area (Å²) in [6, 6.07) is 0.283. The van der Waals surface area contributed by atoms with E-state index in [1.165, 1.54) is 19.3 Å². The summed E-state index contributed by atoms with van der Waals surface area (Å²) in [4.78, 5) is 22.9. The number of hydrogen-bond acceptors (Lipinski definition) is 4. The zero-order valence-electron chi connectivity index (χ0n) is 13.3. The standard InChI is InChI=1S/C16H24N4OS/c1-3-22-14-7-6-13(8-14)20(2)16(21)19-12-9-17-15(18-10-12)11-4-5-11/h9-11,13-14H,3-8H2,1-2H3,(H,19,21)/t13-,14-/m0/s1. The van der Waals surface area contributed by atoms with Crippen molar-refractivity contribution in [2.24, 2.45) is 0 Å². The normalized spacial score (nSPS) is 24.3. The molecule has 0 unspecified atom stereocenters. The van der Waals surface area contributed by atoms with E-state index >= 15 is 0 Å². The second kappa shape index (κ2) is 6.86. The maximum absolute atomic E-state index is 12.3. The molecule has 2 saturated carbocycles. The first-order valence-corrected chi connectivity index (χ1v) is 9.19. The number of amides is 2. The molecule has 2 aliphatic rings. The van der Waals surface area contributed by atoms with E-state index in [1.54, 1.807) is 12.4 Å². The van der Waals surface area contributed by atoms with Gasteiger partial charge < -0.3 is 10.2 Å². The molecule has 2 fully saturated rings. The van der Waals surface area contributed by atoms with Gasteiger partial charge in [-0.3, -0.25) is 0 Å². The first-order valence-electron chi connectivity index (χ1n) is 8.14. The molecule has 2 atom stereocenters. The van der Waals surface area contributed by atoms with E-state index in [2.05, 4.69) is 22.2 Å². The van der Waals surface area contributed by atoms with Crippen LogP contribution < -0.4 is 5.32 Å². The van der Waals surface area contributed by atoms with Crippen molar-refractivity contribution < 1.29 is 4.79 Å². The molecule has 0 radical (unpaired) electrons. The molecule has 0 aliphatic heterocycles. The van der Waals surface area contributed by atoms with E-state index in [-0.39, 0.29) is 6.03 Å². The van der Waals surface area contributed by atoms with Gasteiger partial charge in [0.25, 0.3) is 0 Å². The Bertz CT molecular complexity index is 517. The van der Waals surface area contributed by atoms with Gasteiger partial charge in [-0.05, 0) is 37.9 Å². The van der Waals surface area contributed by atoms with Crippen molar-refractivity contribution in [2.45, 2.75) is 56.2 Å². The number of rotatable bonds is 5. The Morgan fingerprint density at radius 2 is 2.05 bits per heavy atom. The fourth-order valence-electron chi connectivity index (χ4n) is 2.99. The van der Waals surface area contributed by atoms with Crippen molar-refractivity contribution in [2.75, 3.05) is 18.1 Å². The molecule has 1 heterocycles. The van der Waals surface area contributed by atoms with Crippen molar-refractivity contribution in [1.82, 2.24) is 14.9 Å². The molecule has 1 N–H and O–H groups in total. The maximum Gasteiger partial charge on any atom is 0.321 e. The van der Waals surface area contributed by atoms with Gasteiger partial charge >= 0.3 is 6.03 Å². The number of carbonyl (C=O) groups excluding carboxylic acids is 1. The third kappa shape index (κ3) is 3.72. The van der Waals surface area contributed by atoms with Gasteiger partial charge in [0.1, 0.15) is 5.82 Å². The van der Waals surface area contributed by atoms with E-state index < -0.39 is 0 Å². The topological polar surface area (TPSA) is 58.1 Å². The molecule has 0 spiro atoms. The summed E-state index contributed by atoms with van der Waals surface area (Å²) in [5.74, 6) is 2.60. The fraction of sp³-hybridized carbons (Fsp3) is 0.688. The Labute approximate surface area is 136 Å². The van der Waals surface area contributed by atoms with Crippen molar-refractivity contribution in [1.29, 1.82) is 0 Å². The molecule has 2 aliphatic carbocycles. The SMILES string of the molecule is CCS[C@H]1CC[C@H](N(C)C(=O)Nc2cnc(C3CC3)nc2)C1. The lowest BCUT2D eigenvalue weighted by Gasteiger charge is -2.24. The number of carbonyl (C=O) groups is 1. The van der Waals surface area contributed by atoms with Crippen LogP contribution in [0.3, 0.4) is 0 Å². The third-order valence-corrected chi connectivity index (χ3v) is 5.73. The number of hydrogen-bond donors (Lipinski definition) is 1. The van der Waals surface area contributed by atoms with Crippen LogP contribution >= 0.6 is 11.8 Å². The highest BCUT2D eigenvalue weighted by Gasteiger charge is 2.30. The van der Waals surface area contributed by atoms with Crippen LogP contribution in [0, 0.1) is 0 Å². The van der Waals surface area contributed by atoms with Crippen molar-refractivity contribution >= 4 is 23.5 Å². The van der Waals surface area contributed by atoms with E-state index in [9.17, 15) is 4.79 Å². The average molecular weight is 320 g/mol. The molecule has 120 valence electrons. The van der Waals surface area contributed by atoms with E-state index in [0.717, 1.165) is 24.4 Å². The Hall–Kier alpha value is -1.30. The van der Waals surface area contributed by atoms with Crippen LogP contribution in [0.25, 0.3) is 0 Å². The largest absolute Gasteiger partial charge is 0.325 e. The van der Waals surface area contributed by atoms with Crippen LogP contribution in [0.5, 0.6) is 0 Å². The second-order valence-corrected chi connectivity index (χ2v) is 7.77. The molecule has 0 bridgehead atoms. The summed E-state index contributed by atoms with van der Waals surface area (Å²) in [6.45, 7) is 2.19. The van der Waals surface area contributed by atoms with E-state index in [1.807, 2.05) is 23.7 Å². The van der Waals surface area contributed by atoms with Gasteiger partial charge in [0, 0.05) is 24.3 Å². The predicted octanol–water partition coefficient (Wildman–Crippen LogP) is 3.49. The number of nitrogens with one attached hydrogen (secondary N) is 1. The summed E-state index contributed by atoms with van der Waals surface area (Å²) in [7, 11) is 1.89. The van der Waals surface area contributed by atoms with Crippen LogP contribution in [-0.4, -0.2) is 45.0 Å². The van der Waals surface area contributed by atoms with Crippen LogP contribution in [-0.2, 0) is 0 Å². The molecular weight excluding hydrogens is 296 g/mol. The minimum atomic E-state index is -0.0603. The number of anilines is 1. The van der Waals surface area contributed by atoms with E-state index in [0.29, 0.717) is 22.9 Å². The number of nitrogens with zero attached hydrogens (tertiary/aromatic N) is 3. The summed E-state index contributed by atoms with van der Waals surface area (Å²) in [5, 5.41) is 3.61. The Morgan fingerprint density at radius 1 is 1.32 bits per heavy atom. The highest BCUT2D eigenvalue weighted by molar-refractivity contribution is 7.99. The first kappa shape index (κ1) is 15.6. The fourth-order valence-corrected chi connectivity index (χ4v) is 4.12. The molecule has 2 amide bonds. The molecular formula is C16H24N4OS. The van der Waals surface area contributed by atoms with Crippen molar-refractivity contribution in [3.63, 3.8) is 0 Å². The summed E-state index contributed by atoms with van der Waals surface area (Å²) < 4.78 is 0. The Morgan fingerprint density at radius 3 is 2.68 bits per heavy atom. The van der Waals surface area contributed by atoms with Crippen LogP contribution in [0.1, 0.15) is 50.8 Å². The molecule has 1 aromatic heterocycles. The number of thioether (sulfide) groups is 1. The van der Waals surface area contributed by atoms with Gasteiger partial charge in [-0.15, -0.1) is 0 Å². The monoisotopic (exact) mass is 320 g/mol. The molecule has 0 aromatic carbocycles. The molecule has 0 saturated heterocycles. The lowest BCUT2D eigenvalue weighted by Crippen LogP contribution is -2.38. The van der Waals surface area contributed by atoms with Gasteiger partial charge in [0.15, 0.2) is 0 Å². The van der Waals surface area contributed by atoms with Gasteiger partial charge in [-0.25, -0.2) is 14.8 Å². The summed E-state index contributed by atoms with van der Waals surface area (Å²) in [6.07, 6.45) is 9.21. The molecule has 6 heteroatoms. The molecule has 3 rings (SSSR count). The molecule has 22 heavy (non-hydrogen) atoms. The minimum absolute atomic E-state index is 0.0603. The van der Waals surface area contributed by atoms with Gasteiger partial charge in [0.05, 0.1) is 18.1 Å². The maximum atomic E-state index is 12.3. The number of aromatic nitrogens is 2. The van der Waals surface area contributed by atoms with E-state index in [4.69, 9.17) is 0 Å². The Balaban J connectivity index is 1.52. The zero-order valence-corrected chi connectivity index (χ0v) is 14.1. The lowest BCUT2D eigenvalue weighted by atomic mass is 10.2. The second-order valence-electron chi connectivity index (χ2n) is 6.19. The smallest absolute Gasteiger partial charge is 0.321 e. The van der Waals surface area contributed by atoms with Gasteiger partial charge in [0.2, 0.25) is 0 Å². The highest BCUT2D eigenvalue weighted by atomic mass is 32.2. The predicted molar refractivity (Wildman–Crippen MR) is 90.3 cm³/mol. The molecule has 1 aromatic rings. The van der Waals surface area contributed by atoms with Crippen molar-refractivity contribution in [3.8, 4) is 0 Å². The molecule has 5 nitrogen and oxygen atoms in total. The van der Waals surface area contributed by atoms with Crippen LogP contribution in [0.2, 0.25) is 0 Å². The minimum Gasteiger partial charge on any atom is -0.325 e. The lowest BCUT2D eigenvalue weighted by molar-refractivity contribution is 0.205. The van der Waals surface area contributed by atoms with Gasteiger partial charge in [-0.2, -0.15) is 11.8 Å². The van der Waals surface area contributed by atoms with Crippen LogP contribution in [0.15, 0.2) is 12.4 Å². The summed E-state index contributed by atoms with van der Waals surface area (Å²) >= 11 is 2.01. The quantitative estimate of drug-likeness (QED) is 0.902. The highest BCUT2D eigenvalue weighted by Crippen LogP contribution is 2.37. The Kier molecular flexibility index (Phi) is 4.86. The first-order chi connectivity index (χ1) is 10.7. The third-order valence-electron chi connectivity index (χ3n) is 4.49. The zero-order chi connectivity index (χ0) is 15.5. The summed E-state index contributed by atoms with van der Waals surface area (Å²) in [5.41, 5.74) is 0.679.